The van der Waals surface area contributed by atoms with Gasteiger partial charge in [0, 0.05) is 12.2 Å². The second kappa shape index (κ2) is 6.99. The second-order valence-corrected chi connectivity index (χ2v) is 7.59. The Labute approximate surface area is 156 Å². The van der Waals surface area contributed by atoms with Crippen molar-refractivity contribution in [1.29, 1.82) is 0 Å². The van der Waals surface area contributed by atoms with Crippen molar-refractivity contribution < 1.29 is 4.79 Å². The van der Waals surface area contributed by atoms with Crippen LogP contribution in [0.25, 0.3) is 10.2 Å². The van der Waals surface area contributed by atoms with E-state index >= 15 is 0 Å². The lowest BCUT2D eigenvalue weighted by Gasteiger charge is -2.26. The van der Waals surface area contributed by atoms with E-state index in [0.29, 0.717) is 11.6 Å². The minimum Gasteiger partial charge on any atom is -0.348 e. The summed E-state index contributed by atoms with van der Waals surface area (Å²) in [6.45, 7) is 4.01. The van der Waals surface area contributed by atoms with Crippen LogP contribution >= 0.6 is 11.3 Å². The van der Waals surface area contributed by atoms with Gasteiger partial charge in [-0.15, -0.1) is 11.3 Å². The molecule has 3 heterocycles. The van der Waals surface area contributed by atoms with Gasteiger partial charge in [-0.05, 0) is 56.2 Å². The molecule has 1 saturated carbocycles. The number of hydrogen-bond acceptors (Lipinski definition) is 6. The molecule has 0 unspecified atom stereocenters. The minimum absolute atomic E-state index is 0.0601. The third-order valence-corrected chi connectivity index (χ3v) is 5.82. The smallest absolute Gasteiger partial charge is 0.271 e. The Bertz CT molecular complexity index is 936. The third-order valence-electron chi connectivity index (χ3n) is 4.73. The van der Waals surface area contributed by atoms with Crippen molar-refractivity contribution in [2.75, 3.05) is 5.32 Å². The number of fused-ring (bicyclic) bond motifs is 1. The first kappa shape index (κ1) is 16.9. The lowest BCUT2D eigenvalue weighted by molar-refractivity contribution is 0.0914. The largest absolute Gasteiger partial charge is 0.348 e. The van der Waals surface area contributed by atoms with Crippen LogP contribution in [0.15, 0.2) is 29.8 Å². The summed E-state index contributed by atoms with van der Waals surface area (Å²) in [5.41, 5.74) is 3.24. The van der Waals surface area contributed by atoms with Crippen molar-refractivity contribution in [1.82, 2.24) is 20.3 Å². The maximum atomic E-state index is 12.7. The SMILES string of the molecule is Cc1csc2c(C(=O)NC3CCC3)nc(N[C@@H](C)c3ccccn3)nc12. The lowest BCUT2D eigenvalue weighted by Crippen LogP contribution is -2.39. The van der Waals surface area contributed by atoms with Crippen LogP contribution in [-0.4, -0.2) is 26.9 Å². The van der Waals surface area contributed by atoms with E-state index in [0.717, 1.165) is 34.3 Å². The highest BCUT2D eigenvalue weighted by molar-refractivity contribution is 7.17. The zero-order valence-corrected chi connectivity index (χ0v) is 15.6. The highest BCUT2D eigenvalue weighted by Gasteiger charge is 2.24. The van der Waals surface area contributed by atoms with Crippen LogP contribution in [0.5, 0.6) is 0 Å². The fourth-order valence-electron chi connectivity index (χ4n) is 2.96. The van der Waals surface area contributed by atoms with Gasteiger partial charge in [-0.25, -0.2) is 9.97 Å². The van der Waals surface area contributed by atoms with Crippen molar-refractivity contribution >= 4 is 33.4 Å². The molecule has 0 aromatic carbocycles. The fraction of sp³-hybridized carbons (Fsp3) is 0.368. The Kier molecular flexibility index (Phi) is 4.55. The molecule has 1 amide bonds. The quantitative estimate of drug-likeness (QED) is 0.716. The standard InChI is InChI=1S/C19H21N5OS/c1-11-10-26-17-15(11)23-19(21-12(2)14-8-3-4-9-20-14)24-16(17)18(25)22-13-6-5-7-13/h3-4,8-10,12-13H,5-7H2,1-2H3,(H,22,25)(H,21,23,24)/t12-/m0/s1. The predicted octanol–water partition coefficient (Wildman–Crippen LogP) is 3.85. The van der Waals surface area contributed by atoms with Crippen molar-refractivity contribution in [3.8, 4) is 0 Å². The van der Waals surface area contributed by atoms with Gasteiger partial charge < -0.3 is 10.6 Å². The number of thiophene rings is 1. The molecule has 1 fully saturated rings. The summed E-state index contributed by atoms with van der Waals surface area (Å²) in [6, 6.07) is 6.00. The van der Waals surface area contributed by atoms with Crippen LogP contribution in [0.3, 0.4) is 0 Å². The molecule has 1 aliphatic carbocycles. The lowest BCUT2D eigenvalue weighted by atomic mass is 9.93. The normalized spacial score (nSPS) is 15.5. The van der Waals surface area contributed by atoms with E-state index < -0.39 is 0 Å². The van der Waals surface area contributed by atoms with E-state index in [4.69, 9.17) is 0 Å². The molecule has 1 atom stereocenters. The molecule has 134 valence electrons. The summed E-state index contributed by atoms with van der Waals surface area (Å²) in [6.07, 6.45) is 5.03. The maximum absolute atomic E-state index is 12.7. The number of aromatic nitrogens is 3. The van der Waals surface area contributed by atoms with E-state index in [2.05, 4.69) is 25.6 Å². The Hall–Kier alpha value is -2.54. The van der Waals surface area contributed by atoms with Gasteiger partial charge in [0.2, 0.25) is 5.95 Å². The summed E-state index contributed by atoms with van der Waals surface area (Å²) in [5, 5.41) is 8.39. The first-order valence-electron chi connectivity index (χ1n) is 8.86. The van der Waals surface area contributed by atoms with Crippen LogP contribution in [-0.2, 0) is 0 Å². The number of carbonyl (C=O) groups excluding carboxylic acids is 1. The summed E-state index contributed by atoms with van der Waals surface area (Å²) in [4.78, 5) is 26.3. The number of rotatable bonds is 5. The van der Waals surface area contributed by atoms with Gasteiger partial charge in [0.05, 0.1) is 22.0 Å². The number of nitrogens with zero attached hydrogens (tertiary/aromatic N) is 3. The van der Waals surface area contributed by atoms with Crippen LogP contribution in [0.1, 0.15) is 54.0 Å². The molecule has 1 aliphatic rings. The molecule has 26 heavy (non-hydrogen) atoms. The molecule has 0 radical (unpaired) electrons. The number of anilines is 1. The number of hydrogen-bond donors (Lipinski definition) is 2. The second-order valence-electron chi connectivity index (χ2n) is 6.71. The number of carbonyl (C=O) groups is 1. The van der Waals surface area contributed by atoms with E-state index in [-0.39, 0.29) is 18.0 Å². The average molecular weight is 367 g/mol. The Morgan fingerprint density at radius 1 is 1.31 bits per heavy atom. The highest BCUT2D eigenvalue weighted by Crippen LogP contribution is 2.29. The molecular weight excluding hydrogens is 346 g/mol. The van der Waals surface area contributed by atoms with E-state index in [1.165, 1.54) is 17.8 Å². The Balaban J connectivity index is 1.66. The van der Waals surface area contributed by atoms with Crippen LogP contribution in [0.4, 0.5) is 5.95 Å². The van der Waals surface area contributed by atoms with Crippen molar-refractivity contribution in [3.05, 3.63) is 46.7 Å². The fourth-order valence-corrected chi connectivity index (χ4v) is 3.93. The molecule has 3 aromatic heterocycles. The average Bonchev–Trinajstić information content (AvgIpc) is 2.99. The van der Waals surface area contributed by atoms with Gasteiger partial charge in [0.1, 0.15) is 0 Å². The van der Waals surface area contributed by atoms with Gasteiger partial charge in [-0.1, -0.05) is 6.07 Å². The molecule has 0 bridgehead atoms. The predicted molar refractivity (Wildman–Crippen MR) is 104 cm³/mol. The van der Waals surface area contributed by atoms with E-state index in [1.54, 1.807) is 6.20 Å². The molecular formula is C19H21N5OS. The van der Waals surface area contributed by atoms with Crippen molar-refractivity contribution in [2.45, 2.75) is 45.2 Å². The summed E-state index contributed by atoms with van der Waals surface area (Å²) in [7, 11) is 0. The maximum Gasteiger partial charge on any atom is 0.271 e. The van der Waals surface area contributed by atoms with Crippen molar-refractivity contribution in [2.24, 2.45) is 0 Å². The first-order chi connectivity index (χ1) is 12.6. The molecule has 7 heteroatoms. The third kappa shape index (κ3) is 3.26. The number of pyridine rings is 1. The van der Waals surface area contributed by atoms with Crippen molar-refractivity contribution in [3.63, 3.8) is 0 Å². The van der Waals surface area contributed by atoms with Crippen LogP contribution in [0, 0.1) is 6.92 Å². The number of amides is 1. The van der Waals surface area contributed by atoms with Crippen LogP contribution < -0.4 is 10.6 Å². The molecule has 0 saturated heterocycles. The minimum atomic E-state index is -0.113. The first-order valence-corrected chi connectivity index (χ1v) is 9.74. The topological polar surface area (TPSA) is 79.8 Å². The summed E-state index contributed by atoms with van der Waals surface area (Å²) in [5.74, 6) is 0.341. The monoisotopic (exact) mass is 367 g/mol. The Morgan fingerprint density at radius 2 is 2.15 bits per heavy atom. The zero-order valence-electron chi connectivity index (χ0n) is 14.8. The van der Waals surface area contributed by atoms with Gasteiger partial charge in [-0.2, -0.15) is 0 Å². The van der Waals surface area contributed by atoms with E-state index in [1.807, 2.05) is 37.4 Å². The summed E-state index contributed by atoms with van der Waals surface area (Å²) < 4.78 is 0.843. The van der Waals surface area contributed by atoms with E-state index in [9.17, 15) is 4.79 Å². The molecule has 3 aromatic rings. The highest BCUT2D eigenvalue weighted by atomic mass is 32.1. The zero-order chi connectivity index (χ0) is 18.1. The molecule has 0 aliphatic heterocycles. The van der Waals surface area contributed by atoms with Gasteiger partial charge in [0.15, 0.2) is 5.69 Å². The van der Waals surface area contributed by atoms with Gasteiger partial charge in [-0.3, -0.25) is 9.78 Å². The molecule has 0 spiro atoms. The Morgan fingerprint density at radius 3 is 2.85 bits per heavy atom. The number of nitrogens with one attached hydrogen (secondary N) is 2. The molecule has 6 nitrogen and oxygen atoms in total. The molecule has 4 rings (SSSR count). The van der Waals surface area contributed by atoms with Crippen LogP contribution in [0.2, 0.25) is 0 Å². The van der Waals surface area contributed by atoms with Gasteiger partial charge >= 0.3 is 0 Å². The number of aryl methyl sites for hydroxylation is 1. The summed E-state index contributed by atoms with van der Waals surface area (Å²) >= 11 is 1.52. The van der Waals surface area contributed by atoms with Gasteiger partial charge in [0.25, 0.3) is 5.91 Å². The molecule has 2 N–H and O–H groups in total.